The number of rotatable bonds is 4. The molecule has 2 nitrogen and oxygen atoms in total. The molecule has 0 amide bonds. The van der Waals surface area contributed by atoms with Crippen LogP contribution in [0.1, 0.15) is 51.1 Å². The summed E-state index contributed by atoms with van der Waals surface area (Å²) in [4.78, 5) is 0. The number of ether oxygens (including phenoxy) is 1. The maximum atomic E-state index is 6.50. The average molecular weight is 259 g/mol. The van der Waals surface area contributed by atoms with Crippen molar-refractivity contribution in [3.05, 3.63) is 29.8 Å². The Morgan fingerprint density at radius 2 is 1.84 bits per heavy atom. The third-order valence-corrected chi connectivity index (χ3v) is 4.75. The molecule has 0 spiro atoms. The van der Waals surface area contributed by atoms with Crippen LogP contribution < -0.4 is 10.5 Å². The van der Waals surface area contributed by atoms with Gasteiger partial charge in [0.25, 0.3) is 0 Å². The van der Waals surface area contributed by atoms with E-state index in [1.165, 1.54) is 31.2 Å². The Bertz CT molecular complexity index is 431. The lowest BCUT2D eigenvalue weighted by Gasteiger charge is -2.15. The van der Waals surface area contributed by atoms with Gasteiger partial charge in [0.05, 0.1) is 6.10 Å². The van der Waals surface area contributed by atoms with Crippen molar-refractivity contribution in [3.8, 4) is 5.75 Å². The van der Waals surface area contributed by atoms with Crippen molar-refractivity contribution in [2.75, 3.05) is 0 Å². The Balaban J connectivity index is 1.71. The van der Waals surface area contributed by atoms with Crippen molar-refractivity contribution in [1.29, 1.82) is 0 Å². The highest BCUT2D eigenvalue weighted by atomic mass is 16.5. The van der Waals surface area contributed by atoms with Crippen LogP contribution in [0.3, 0.4) is 0 Å². The molecule has 0 aromatic heterocycles. The summed E-state index contributed by atoms with van der Waals surface area (Å²) < 4.78 is 5.77. The second-order valence-electron chi connectivity index (χ2n) is 6.45. The summed E-state index contributed by atoms with van der Waals surface area (Å²) in [5, 5.41) is 0. The standard InChI is InChI=1S/C17H25NO/c1-11(2)19-13-7-5-6-12(10-13)17(18)16-14-8-3-4-9-15(14)16/h5-7,10-11,14-17H,3-4,8-9,18H2,1-2H3. The van der Waals surface area contributed by atoms with Gasteiger partial charge in [-0.1, -0.05) is 25.0 Å². The number of benzene rings is 1. The van der Waals surface area contributed by atoms with Crippen molar-refractivity contribution in [3.63, 3.8) is 0 Å². The molecule has 3 unspecified atom stereocenters. The molecule has 19 heavy (non-hydrogen) atoms. The van der Waals surface area contributed by atoms with Crippen molar-refractivity contribution in [2.45, 2.75) is 51.7 Å². The molecule has 1 aromatic rings. The van der Waals surface area contributed by atoms with Gasteiger partial charge in [0.1, 0.15) is 5.75 Å². The van der Waals surface area contributed by atoms with Gasteiger partial charge in [-0.2, -0.15) is 0 Å². The molecule has 0 radical (unpaired) electrons. The van der Waals surface area contributed by atoms with Crippen LogP contribution >= 0.6 is 0 Å². The third kappa shape index (κ3) is 2.64. The fourth-order valence-corrected chi connectivity index (χ4v) is 3.87. The van der Waals surface area contributed by atoms with E-state index in [2.05, 4.69) is 32.0 Å². The second kappa shape index (κ2) is 5.16. The van der Waals surface area contributed by atoms with E-state index in [-0.39, 0.29) is 12.1 Å². The van der Waals surface area contributed by atoms with Crippen LogP contribution in [0.4, 0.5) is 0 Å². The molecule has 0 bridgehead atoms. The highest BCUT2D eigenvalue weighted by Gasteiger charge is 2.53. The second-order valence-corrected chi connectivity index (χ2v) is 6.45. The van der Waals surface area contributed by atoms with Crippen LogP contribution in [0.15, 0.2) is 24.3 Å². The summed E-state index contributed by atoms with van der Waals surface area (Å²) in [7, 11) is 0. The van der Waals surface area contributed by atoms with E-state index < -0.39 is 0 Å². The van der Waals surface area contributed by atoms with Gasteiger partial charge in [-0.05, 0) is 62.1 Å². The lowest BCUT2D eigenvalue weighted by molar-refractivity contribution is 0.242. The Morgan fingerprint density at radius 1 is 1.16 bits per heavy atom. The van der Waals surface area contributed by atoms with Gasteiger partial charge in [-0.25, -0.2) is 0 Å². The molecule has 3 atom stereocenters. The van der Waals surface area contributed by atoms with E-state index in [4.69, 9.17) is 10.5 Å². The third-order valence-electron chi connectivity index (χ3n) is 4.75. The fraction of sp³-hybridized carbons (Fsp3) is 0.647. The summed E-state index contributed by atoms with van der Waals surface area (Å²) in [5.74, 6) is 3.47. The van der Waals surface area contributed by atoms with E-state index in [1.54, 1.807) is 0 Å². The zero-order chi connectivity index (χ0) is 13.4. The van der Waals surface area contributed by atoms with Crippen molar-refractivity contribution in [1.82, 2.24) is 0 Å². The van der Waals surface area contributed by atoms with Crippen molar-refractivity contribution in [2.24, 2.45) is 23.5 Å². The molecule has 2 fully saturated rings. The van der Waals surface area contributed by atoms with Crippen LogP contribution in [0.25, 0.3) is 0 Å². The van der Waals surface area contributed by atoms with E-state index in [1.807, 2.05) is 6.07 Å². The Morgan fingerprint density at radius 3 is 2.47 bits per heavy atom. The largest absolute Gasteiger partial charge is 0.491 e. The lowest BCUT2D eigenvalue weighted by atomic mass is 10.0. The SMILES string of the molecule is CC(C)Oc1cccc(C(N)C2C3CCCCC32)c1. The summed E-state index contributed by atoms with van der Waals surface area (Å²) in [6.45, 7) is 4.12. The van der Waals surface area contributed by atoms with Crippen LogP contribution in [-0.2, 0) is 0 Å². The monoisotopic (exact) mass is 259 g/mol. The Kier molecular flexibility index (Phi) is 3.53. The molecule has 0 saturated heterocycles. The lowest BCUT2D eigenvalue weighted by Crippen LogP contribution is -2.15. The molecule has 1 aromatic carbocycles. The van der Waals surface area contributed by atoms with E-state index in [0.29, 0.717) is 0 Å². The zero-order valence-electron chi connectivity index (χ0n) is 12.0. The Hall–Kier alpha value is -1.02. The number of hydrogen-bond acceptors (Lipinski definition) is 2. The van der Waals surface area contributed by atoms with E-state index in [0.717, 1.165) is 23.5 Å². The molecule has 2 heteroatoms. The maximum Gasteiger partial charge on any atom is 0.120 e. The van der Waals surface area contributed by atoms with E-state index in [9.17, 15) is 0 Å². The Labute approximate surface area is 116 Å². The predicted octanol–water partition coefficient (Wildman–Crippen LogP) is 3.91. The first-order chi connectivity index (χ1) is 9.16. The molecule has 2 aliphatic carbocycles. The summed E-state index contributed by atoms with van der Waals surface area (Å²) in [6, 6.07) is 8.58. The highest BCUT2D eigenvalue weighted by Crippen LogP contribution is 2.59. The highest BCUT2D eigenvalue weighted by molar-refractivity contribution is 5.32. The molecule has 2 saturated carbocycles. The van der Waals surface area contributed by atoms with Gasteiger partial charge in [-0.15, -0.1) is 0 Å². The predicted molar refractivity (Wildman–Crippen MR) is 78.1 cm³/mol. The molecular formula is C17H25NO. The van der Waals surface area contributed by atoms with Gasteiger partial charge >= 0.3 is 0 Å². The van der Waals surface area contributed by atoms with Crippen LogP contribution in [-0.4, -0.2) is 6.10 Å². The van der Waals surface area contributed by atoms with Crippen LogP contribution in [0, 0.1) is 17.8 Å². The average Bonchev–Trinajstić information content (AvgIpc) is 3.11. The summed E-state index contributed by atoms with van der Waals surface area (Å²) >= 11 is 0. The molecule has 2 aliphatic rings. The normalized spacial score (nSPS) is 30.8. The fourth-order valence-electron chi connectivity index (χ4n) is 3.87. The van der Waals surface area contributed by atoms with E-state index >= 15 is 0 Å². The molecular weight excluding hydrogens is 234 g/mol. The van der Waals surface area contributed by atoms with Gasteiger partial charge in [-0.3, -0.25) is 0 Å². The number of fused-ring (bicyclic) bond motifs is 1. The van der Waals surface area contributed by atoms with Crippen LogP contribution in [0.2, 0.25) is 0 Å². The molecule has 3 rings (SSSR count). The van der Waals surface area contributed by atoms with Crippen molar-refractivity contribution >= 4 is 0 Å². The maximum absolute atomic E-state index is 6.50. The van der Waals surface area contributed by atoms with Gasteiger partial charge in [0.15, 0.2) is 0 Å². The first-order valence-electron chi connectivity index (χ1n) is 7.69. The smallest absolute Gasteiger partial charge is 0.120 e. The number of nitrogens with two attached hydrogens (primary N) is 1. The first kappa shape index (κ1) is 13.0. The molecule has 2 N–H and O–H groups in total. The minimum atomic E-state index is 0.198. The first-order valence-corrected chi connectivity index (χ1v) is 7.69. The molecule has 0 aliphatic heterocycles. The van der Waals surface area contributed by atoms with Gasteiger partial charge in [0, 0.05) is 6.04 Å². The molecule has 104 valence electrons. The molecule has 0 heterocycles. The van der Waals surface area contributed by atoms with Gasteiger partial charge < -0.3 is 10.5 Å². The quantitative estimate of drug-likeness (QED) is 0.889. The zero-order valence-corrected chi connectivity index (χ0v) is 12.0. The number of hydrogen-bond donors (Lipinski definition) is 1. The van der Waals surface area contributed by atoms with Crippen molar-refractivity contribution < 1.29 is 4.74 Å². The minimum Gasteiger partial charge on any atom is -0.491 e. The minimum absolute atomic E-state index is 0.198. The topological polar surface area (TPSA) is 35.2 Å². The summed E-state index contributed by atoms with van der Waals surface area (Å²) in [6.07, 6.45) is 5.81. The summed E-state index contributed by atoms with van der Waals surface area (Å²) in [5.41, 5.74) is 7.75. The van der Waals surface area contributed by atoms with Gasteiger partial charge in [0.2, 0.25) is 0 Å². The van der Waals surface area contributed by atoms with Crippen LogP contribution in [0.5, 0.6) is 5.75 Å².